The quantitative estimate of drug-likeness (QED) is 0.881. The van der Waals surface area contributed by atoms with Crippen LogP contribution in [-0.2, 0) is 0 Å². The average Bonchev–Trinajstić information content (AvgIpc) is 2.53. The Labute approximate surface area is 126 Å². The Hall–Kier alpha value is -3.45. The van der Waals surface area contributed by atoms with Crippen molar-refractivity contribution in [2.75, 3.05) is 20.0 Å². The van der Waals surface area contributed by atoms with Crippen LogP contribution < -0.4 is 20.8 Å². The van der Waals surface area contributed by atoms with Gasteiger partial charge >= 0.3 is 0 Å². The summed E-state index contributed by atoms with van der Waals surface area (Å²) in [6.45, 7) is 0. The van der Waals surface area contributed by atoms with Crippen LogP contribution in [0, 0.1) is 22.7 Å². The zero-order valence-electron chi connectivity index (χ0n) is 11.9. The molecule has 0 unspecified atom stereocenters. The van der Waals surface area contributed by atoms with Crippen molar-refractivity contribution >= 4 is 5.82 Å². The average molecular weight is 296 g/mol. The number of H-pyrrole nitrogens is 1. The molecule has 0 aliphatic heterocycles. The van der Waals surface area contributed by atoms with Crippen LogP contribution in [-0.4, -0.2) is 19.2 Å². The van der Waals surface area contributed by atoms with E-state index in [1.807, 2.05) is 12.1 Å². The van der Waals surface area contributed by atoms with Crippen LogP contribution in [0.15, 0.2) is 23.0 Å². The van der Waals surface area contributed by atoms with Crippen LogP contribution >= 0.6 is 0 Å². The van der Waals surface area contributed by atoms with Gasteiger partial charge in [0.2, 0.25) is 0 Å². The smallest absolute Gasteiger partial charge is 0.268 e. The zero-order chi connectivity index (χ0) is 16.3. The second-order valence-electron chi connectivity index (χ2n) is 4.29. The third kappa shape index (κ3) is 2.32. The summed E-state index contributed by atoms with van der Waals surface area (Å²) in [7, 11) is 2.95. The Morgan fingerprint density at radius 1 is 1.09 bits per heavy atom. The van der Waals surface area contributed by atoms with Gasteiger partial charge in [-0.2, -0.15) is 10.5 Å². The van der Waals surface area contributed by atoms with Crippen molar-refractivity contribution in [1.29, 1.82) is 10.5 Å². The number of anilines is 1. The van der Waals surface area contributed by atoms with Crippen molar-refractivity contribution in [2.24, 2.45) is 0 Å². The number of nitrogens with one attached hydrogen (secondary N) is 1. The Morgan fingerprint density at radius 2 is 1.73 bits per heavy atom. The van der Waals surface area contributed by atoms with Crippen molar-refractivity contribution in [2.45, 2.75) is 0 Å². The number of aromatic nitrogens is 1. The van der Waals surface area contributed by atoms with Crippen LogP contribution in [0.2, 0.25) is 0 Å². The minimum Gasteiger partial charge on any atom is -0.493 e. The van der Waals surface area contributed by atoms with Gasteiger partial charge in [0.15, 0.2) is 11.5 Å². The maximum Gasteiger partial charge on any atom is 0.268 e. The number of nitrogens with zero attached hydrogens (tertiary/aromatic N) is 2. The summed E-state index contributed by atoms with van der Waals surface area (Å²) >= 11 is 0. The predicted molar refractivity (Wildman–Crippen MR) is 79.4 cm³/mol. The van der Waals surface area contributed by atoms with Gasteiger partial charge in [0, 0.05) is 5.56 Å². The van der Waals surface area contributed by atoms with Crippen LogP contribution in [0.4, 0.5) is 5.82 Å². The fourth-order valence-corrected chi connectivity index (χ4v) is 2.12. The first-order chi connectivity index (χ1) is 10.6. The molecule has 1 aromatic carbocycles. The Balaban J connectivity index is 2.86. The number of hydrogen-bond donors (Lipinski definition) is 2. The van der Waals surface area contributed by atoms with E-state index >= 15 is 0 Å². The SMILES string of the molecule is COc1ccc(-c2c(C#N)c(N)[nH]c(=O)c2C#N)cc1OC. The molecule has 7 nitrogen and oxygen atoms in total. The van der Waals surface area contributed by atoms with E-state index < -0.39 is 5.56 Å². The number of benzene rings is 1. The summed E-state index contributed by atoms with van der Waals surface area (Å²) in [4.78, 5) is 14.2. The fraction of sp³-hybridized carbons (Fsp3) is 0.133. The van der Waals surface area contributed by atoms with Gasteiger partial charge in [-0.1, -0.05) is 6.07 Å². The van der Waals surface area contributed by atoms with Crippen LogP contribution in [0.5, 0.6) is 11.5 Å². The lowest BCUT2D eigenvalue weighted by Crippen LogP contribution is -2.16. The first kappa shape index (κ1) is 14.9. The molecule has 0 fully saturated rings. The molecule has 0 aliphatic carbocycles. The van der Waals surface area contributed by atoms with E-state index in [4.69, 9.17) is 15.2 Å². The van der Waals surface area contributed by atoms with Crippen molar-refractivity contribution < 1.29 is 9.47 Å². The highest BCUT2D eigenvalue weighted by Gasteiger charge is 2.19. The molecule has 0 saturated heterocycles. The summed E-state index contributed by atoms with van der Waals surface area (Å²) in [6, 6.07) is 8.54. The van der Waals surface area contributed by atoms with E-state index in [1.54, 1.807) is 18.2 Å². The summed E-state index contributed by atoms with van der Waals surface area (Å²) in [5.74, 6) is 0.809. The molecule has 0 saturated carbocycles. The third-order valence-electron chi connectivity index (χ3n) is 3.14. The summed E-state index contributed by atoms with van der Waals surface area (Å²) < 4.78 is 10.3. The van der Waals surface area contributed by atoms with E-state index in [2.05, 4.69) is 4.98 Å². The summed E-state index contributed by atoms with van der Waals surface area (Å²) in [5, 5.41) is 18.5. The number of nitrogen functional groups attached to an aromatic ring is 1. The number of nitriles is 2. The standard InChI is InChI=1S/C15H12N4O3/c1-21-11-4-3-8(5-12(11)22-2)13-9(6-16)14(18)19-15(20)10(13)7-17/h3-5H,1-2H3,(H3,18,19,20). The van der Waals surface area contributed by atoms with Crippen molar-refractivity contribution in [1.82, 2.24) is 4.98 Å². The number of rotatable bonds is 3. The summed E-state index contributed by atoms with van der Waals surface area (Å²) in [5.41, 5.74) is 5.51. The van der Waals surface area contributed by atoms with Gasteiger partial charge in [0.25, 0.3) is 5.56 Å². The molecule has 0 spiro atoms. The maximum atomic E-state index is 11.9. The second-order valence-corrected chi connectivity index (χ2v) is 4.29. The topological polar surface area (TPSA) is 125 Å². The Kier molecular flexibility index (Phi) is 4.01. The molecule has 22 heavy (non-hydrogen) atoms. The third-order valence-corrected chi connectivity index (χ3v) is 3.14. The number of pyridine rings is 1. The normalized spacial score (nSPS) is 9.64. The molecule has 0 bridgehead atoms. The highest BCUT2D eigenvalue weighted by Crippen LogP contribution is 2.35. The lowest BCUT2D eigenvalue weighted by Gasteiger charge is -2.12. The molecular weight excluding hydrogens is 284 g/mol. The second kappa shape index (κ2) is 5.90. The van der Waals surface area contributed by atoms with Crippen LogP contribution in [0.25, 0.3) is 11.1 Å². The Morgan fingerprint density at radius 3 is 2.27 bits per heavy atom. The fourth-order valence-electron chi connectivity index (χ4n) is 2.12. The first-order valence-corrected chi connectivity index (χ1v) is 6.15. The van der Waals surface area contributed by atoms with E-state index in [0.29, 0.717) is 17.1 Å². The number of nitrogens with two attached hydrogens (primary N) is 1. The molecule has 110 valence electrons. The first-order valence-electron chi connectivity index (χ1n) is 6.15. The predicted octanol–water partition coefficient (Wildman–Crippen LogP) is 1.38. The van der Waals surface area contributed by atoms with E-state index in [0.717, 1.165) is 0 Å². The number of hydrogen-bond acceptors (Lipinski definition) is 6. The minimum atomic E-state index is -0.649. The number of methoxy groups -OCH3 is 2. The molecular formula is C15H12N4O3. The number of ether oxygens (including phenoxy) is 2. The van der Waals surface area contributed by atoms with Crippen molar-refractivity contribution in [3.05, 3.63) is 39.7 Å². The molecule has 3 N–H and O–H groups in total. The van der Waals surface area contributed by atoms with Gasteiger partial charge < -0.3 is 20.2 Å². The van der Waals surface area contributed by atoms with Gasteiger partial charge in [-0.15, -0.1) is 0 Å². The Bertz CT molecular complexity index is 872. The van der Waals surface area contributed by atoms with E-state index in [9.17, 15) is 15.3 Å². The van der Waals surface area contributed by atoms with E-state index in [-0.39, 0.29) is 22.5 Å². The van der Waals surface area contributed by atoms with Crippen LogP contribution in [0.3, 0.4) is 0 Å². The molecule has 2 aromatic rings. The molecule has 1 heterocycles. The zero-order valence-corrected chi connectivity index (χ0v) is 11.9. The highest BCUT2D eigenvalue weighted by atomic mass is 16.5. The van der Waals surface area contributed by atoms with Gasteiger partial charge in [0.1, 0.15) is 29.1 Å². The van der Waals surface area contributed by atoms with Crippen molar-refractivity contribution in [3.63, 3.8) is 0 Å². The minimum absolute atomic E-state index is 0.0309. The molecule has 2 rings (SSSR count). The van der Waals surface area contributed by atoms with Gasteiger partial charge in [-0.05, 0) is 17.7 Å². The monoisotopic (exact) mass is 296 g/mol. The van der Waals surface area contributed by atoms with Gasteiger partial charge in [0.05, 0.1) is 14.2 Å². The number of aromatic amines is 1. The lowest BCUT2D eigenvalue weighted by atomic mass is 9.96. The molecule has 1 aromatic heterocycles. The molecule has 0 aliphatic rings. The molecule has 7 heteroatoms. The van der Waals surface area contributed by atoms with Gasteiger partial charge in [-0.25, -0.2) is 0 Å². The lowest BCUT2D eigenvalue weighted by molar-refractivity contribution is 0.355. The van der Waals surface area contributed by atoms with Gasteiger partial charge in [-0.3, -0.25) is 4.79 Å². The maximum absolute atomic E-state index is 11.9. The largest absolute Gasteiger partial charge is 0.493 e. The van der Waals surface area contributed by atoms with E-state index in [1.165, 1.54) is 14.2 Å². The van der Waals surface area contributed by atoms with Crippen molar-refractivity contribution in [3.8, 4) is 34.8 Å². The molecule has 0 radical (unpaired) electrons. The van der Waals surface area contributed by atoms with Crippen LogP contribution in [0.1, 0.15) is 11.1 Å². The summed E-state index contributed by atoms with van der Waals surface area (Å²) in [6.07, 6.45) is 0. The highest BCUT2D eigenvalue weighted by molar-refractivity contribution is 5.81. The molecule has 0 amide bonds. The molecule has 0 atom stereocenters.